The van der Waals surface area contributed by atoms with Crippen LogP contribution < -0.4 is 10.1 Å². The van der Waals surface area contributed by atoms with E-state index < -0.39 is 6.61 Å². The predicted molar refractivity (Wildman–Crippen MR) is 80.7 cm³/mol. The Morgan fingerprint density at radius 2 is 2.00 bits per heavy atom. The predicted octanol–water partition coefficient (Wildman–Crippen LogP) is 4.73. The smallest absolute Gasteiger partial charge is 0.387 e. The average Bonchev–Trinajstić information content (AvgIpc) is 2.72. The van der Waals surface area contributed by atoms with Crippen molar-refractivity contribution in [1.82, 2.24) is 5.32 Å². The van der Waals surface area contributed by atoms with Gasteiger partial charge >= 0.3 is 6.61 Å². The minimum Gasteiger partial charge on any atom is -0.434 e. The molecule has 0 aliphatic heterocycles. The zero-order valence-electron chi connectivity index (χ0n) is 11.0. The van der Waals surface area contributed by atoms with Crippen molar-refractivity contribution in [1.29, 1.82) is 0 Å². The molecule has 0 aliphatic carbocycles. The minimum atomic E-state index is -2.83. The summed E-state index contributed by atoms with van der Waals surface area (Å²) in [5.74, 6) is 0.198. The molecule has 6 heteroatoms. The second-order valence-electron chi connectivity index (χ2n) is 4.19. The van der Waals surface area contributed by atoms with E-state index in [2.05, 4.69) is 26.0 Å². The molecule has 0 fully saturated rings. The lowest BCUT2D eigenvalue weighted by atomic mass is 10.0. The molecular formula is C14H14BrF2NOS. The van der Waals surface area contributed by atoms with Gasteiger partial charge in [-0.15, -0.1) is 11.3 Å². The van der Waals surface area contributed by atoms with Gasteiger partial charge in [0.05, 0.1) is 6.04 Å². The van der Waals surface area contributed by atoms with Gasteiger partial charge in [0.25, 0.3) is 0 Å². The Kier molecular flexibility index (Phi) is 5.12. The van der Waals surface area contributed by atoms with Gasteiger partial charge in [0.15, 0.2) is 0 Å². The van der Waals surface area contributed by atoms with Crippen molar-refractivity contribution >= 4 is 27.3 Å². The normalized spacial score (nSPS) is 12.7. The zero-order valence-corrected chi connectivity index (χ0v) is 13.4. The van der Waals surface area contributed by atoms with E-state index in [1.165, 1.54) is 0 Å². The number of ether oxygens (including phenoxy) is 1. The van der Waals surface area contributed by atoms with Gasteiger partial charge in [-0.2, -0.15) is 8.78 Å². The van der Waals surface area contributed by atoms with Gasteiger partial charge in [-0.1, -0.05) is 18.2 Å². The Morgan fingerprint density at radius 3 is 2.55 bits per heavy atom. The van der Waals surface area contributed by atoms with E-state index in [9.17, 15) is 8.78 Å². The molecular weight excluding hydrogens is 348 g/mol. The van der Waals surface area contributed by atoms with Crippen LogP contribution in [0, 0.1) is 6.92 Å². The van der Waals surface area contributed by atoms with E-state index in [0.29, 0.717) is 5.56 Å². The number of aryl methyl sites for hydroxylation is 1. The van der Waals surface area contributed by atoms with Gasteiger partial charge in [-0.25, -0.2) is 0 Å². The molecule has 0 saturated carbocycles. The first-order valence-corrected chi connectivity index (χ1v) is 7.60. The molecule has 1 heterocycles. The molecule has 0 radical (unpaired) electrons. The zero-order chi connectivity index (χ0) is 14.7. The fourth-order valence-electron chi connectivity index (χ4n) is 2.00. The number of benzene rings is 1. The third-order valence-electron chi connectivity index (χ3n) is 2.90. The summed E-state index contributed by atoms with van der Waals surface area (Å²) in [7, 11) is 1.80. The summed E-state index contributed by atoms with van der Waals surface area (Å²) >= 11 is 5.09. The molecule has 2 nitrogen and oxygen atoms in total. The van der Waals surface area contributed by atoms with Gasteiger partial charge in [-0.05, 0) is 42.0 Å². The number of para-hydroxylation sites is 1. The molecule has 20 heavy (non-hydrogen) atoms. The van der Waals surface area contributed by atoms with Crippen molar-refractivity contribution in [2.45, 2.75) is 19.6 Å². The van der Waals surface area contributed by atoms with Crippen molar-refractivity contribution in [2.24, 2.45) is 0 Å². The van der Waals surface area contributed by atoms with E-state index in [1.54, 1.807) is 36.6 Å². The molecule has 1 atom stereocenters. The van der Waals surface area contributed by atoms with E-state index in [4.69, 9.17) is 0 Å². The van der Waals surface area contributed by atoms with E-state index in [0.717, 1.165) is 14.2 Å². The summed E-state index contributed by atoms with van der Waals surface area (Å²) in [6, 6.07) is 8.67. The number of hydrogen-bond acceptors (Lipinski definition) is 3. The van der Waals surface area contributed by atoms with Crippen LogP contribution in [0.4, 0.5) is 8.78 Å². The van der Waals surface area contributed by atoms with Crippen molar-refractivity contribution in [3.05, 3.63) is 50.1 Å². The van der Waals surface area contributed by atoms with Crippen LogP contribution in [-0.4, -0.2) is 13.7 Å². The van der Waals surface area contributed by atoms with Gasteiger partial charge in [-0.3, -0.25) is 0 Å². The molecule has 0 amide bonds. The van der Waals surface area contributed by atoms with Crippen LogP contribution in [0.15, 0.2) is 34.8 Å². The second-order valence-corrected chi connectivity index (χ2v) is 6.33. The number of alkyl halides is 2. The first-order valence-electron chi connectivity index (χ1n) is 5.99. The van der Waals surface area contributed by atoms with Crippen LogP contribution in [0.2, 0.25) is 0 Å². The van der Waals surface area contributed by atoms with Crippen molar-refractivity contribution in [3.63, 3.8) is 0 Å². The average molecular weight is 362 g/mol. The number of hydrogen-bond donors (Lipinski definition) is 1. The Bertz CT molecular complexity index is 569. The molecule has 108 valence electrons. The number of rotatable bonds is 5. The Labute approximate surface area is 128 Å². The number of thiophene rings is 1. The van der Waals surface area contributed by atoms with Crippen LogP contribution >= 0.6 is 27.3 Å². The summed E-state index contributed by atoms with van der Waals surface area (Å²) in [5.41, 5.74) is 0.698. The summed E-state index contributed by atoms with van der Waals surface area (Å²) in [6.45, 7) is -0.822. The quantitative estimate of drug-likeness (QED) is 0.830. The van der Waals surface area contributed by atoms with Crippen molar-refractivity contribution in [2.75, 3.05) is 7.05 Å². The lowest BCUT2D eigenvalue weighted by Crippen LogP contribution is -2.18. The molecule has 1 unspecified atom stereocenters. The highest BCUT2D eigenvalue weighted by Crippen LogP contribution is 2.37. The maximum Gasteiger partial charge on any atom is 0.387 e. The van der Waals surface area contributed by atoms with Crippen molar-refractivity contribution in [3.8, 4) is 5.75 Å². The van der Waals surface area contributed by atoms with Crippen LogP contribution in [-0.2, 0) is 0 Å². The summed E-state index contributed by atoms with van der Waals surface area (Å²) in [6.07, 6.45) is 0. The summed E-state index contributed by atoms with van der Waals surface area (Å²) < 4.78 is 30.6. The van der Waals surface area contributed by atoms with Gasteiger partial charge in [0.1, 0.15) is 5.75 Å². The van der Waals surface area contributed by atoms with Crippen molar-refractivity contribution < 1.29 is 13.5 Å². The molecule has 1 aromatic heterocycles. The lowest BCUT2D eigenvalue weighted by molar-refractivity contribution is -0.0506. The minimum absolute atomic E-state index is 0.181. The summed E-state index contributed by atoms with van der Waals surface area (Å²) in [5, 5.41) is 3.15. The first kappa shape index (κ1) is 15.4. The van der Waals surface area contributed by atoms with Gasteiger partial charge in [0.2, 0.25) is 0 Å². The van der Waals surface area contributed by atoms with Crippen LogP contribution in [0.3, 0.4) is 0 Å². The van der Waals surface area contributed by atoms with Gasteiger partial charge < -0.3 is 10.1 Å². The van der Waals surface area contributed by atoms with Crippen LogP contribution in [0.25, 0.3) is 0 Å². The molecule has 0 bridgehead atoms. The molecule has 2 rings (SSSR count). The maximum atomic E-state index is 12.5. The first-order chi connectivity index (χ1) is 9.52. The van der Waals surface area contributed by atoms with Crippen LogP contribution in [0.1, 0.15) is 21.4 Å². The Balaban J connectivity index is 2.41. The monoisotopic (exact) mass is 361 g/mol. The highest BCUT2D eigenvalue weighted by molar-refractivity contribution is 9.10. The second kappa shape index (κ2) is 6.65. The molecule has 0 spiro atoms. The lowest BCUT2D eigenvalue weighted by Gasteiger charge is -2.18. The van der Waals surface area contributed by atoms with E-state index >= 15 is 0 Å². The summed E-state index contributed by atoms with van der Waals surface area (Å²) in [4.78, 5) is 2.19. The third kappa shape index (κ3) is 3.37. The number of halogens is 3. The van der Waals surface area contributed by atoms with E-state index in [-0.39, 0.29) is 11.8 Å². The highest BCUT2D eigenvalue weighted by atomic mass is 79.9. The Hall–Kier alpha value is -0.980. The Morgan fingerprint density at radius 1 is 1.30 bits per heavy atom. The molecule has 0 saturated heterocycles. The topological polar surface area (TPSA) is 21.3 Å². The standard InChI is InChI=1S/C14H14BrF2NOS/c1-8-10(15)7-12(20-8)13(18-2)9-5-3-4-6-11(9)19-14(16)17/h3-7,13-14,18H,1-2H3. The van der Waals surface area contributed by atoms with Crippen LogP contribution in [0.5, 0.6) is 5.75 Å². The maximum absolute atomic E-state index is 12.5. The van der Waals surface area contributed by atoms with Gasteiger partial charge in [0, 0.05) is 19.8 Å². The third-order valence-corrected chi connectivity index (χ3v) is 5.10. The molecule has 0 aliphatic rings. The molecule has 1 aromatic carbocycles. The fourth-order valence-corrected chi connectivity index (χ4v) is 3.69. The fraction of sp³-hybridized carbons (Fsp3) is 0.286. The highest BCUT2D eigenvalue weighted by Gasteiger charge is 2.20. The number of nitrogens with one attached hydrogen (secondary N) is 1. The molecule has 1 N–H and O–H groups in total. The largest absolute Gasteiger partial charge is 0.434 e. The van der Waals surface area contributed by atoms with E-state index in [1.807, 2.05) is 19.1 Å². The SMILES string of the molecule is CNC(c1cc(Br)c(C)s1)c1ccccc1OC(F)F. The molecule has 2 aromatic rings.